The van der Waals surface area contributed by atoms with E-state index in [1.54, 1.807) is 18.3 Å². The minimum atomic E-state index is -0.836. The van der Waals surface area contributed by atoms with E-state index >= 15 is 0 Å². The van der Waals surface area contributed by atoms with Crippen molar-refractivity contribution in [2.45, 2.75) is 18.8 Å². The summed E-state index contributed by atoms with van der Waals surface area (Å²) in [7, 11) is 0. The average Bonchev–Trinajstić information content (AvgIpc) is 2.58. The fourth-order valence-corrected chi connectivity index (χ4v) is 3.15. The lowest BCUT2D eigenvalue weighted by Gasteiger charge is -2.40. The second-order valence-electron chi connectivity index (χ2n) is 5.39. The van der Waals surface area contributed by atoms with Crippen molar-refractivity contribution < 1.29 is 4.39 Å². The van der Waals surface area contributed by atoms with Crippen molar-refractivity contribution in [2.75, 3.05) is 0 Å². The number of benzene rings is 2. The van der Waals surface area contributed by atoms with Gasteiger partial charge in [0, 0.05) is 24.0 Å². The molecule has 2 unspecified atom stereocenters. The summed E-state index contributed by atoms with van der Waals surface area (Å²) in [5.41, 5.74) is 2.00. The first-order valence-corrected chi connectivity index (χ1v) is 8.08. The number of hydrogen-bond donors (Lipinski definition) is 1. The molecule has 0 radical (unpaired) electrons. The monoisotopic (exact) mass is 373 g/mol. The van der Waals surface area contributed by atoms with Gasteiger partial charge in [0.2, 0.25) is 5.79 Å². The molecule has 0 aliphatic carbocycles. The molecule has 0 aromatic heterocycles. The highest BCUT2D eigenvalue weighted by Gasteiger charge is 2.38. The van der Waals surface area contributed by atoms with Crippen LogP contribution in [0.15, 0.2) is 71.9 Å². The molecule has 23 heavy (non-hydrogen) atoms. The van der Waals surface area contributed by atoms with E-state index in [9.17, 15) is 4.39 Å². The molecule has 0 fully saturated rings. The van der Waals surface area contributed by atoms with Gasteiger partial charge in [-0.2, -0.15) is 0 Å². The van der Waals surface area contributed by atoms with Crippen LogP contribution in [0.5, 0.6) is 0 Å². The third kappa shape index (κ3) is 3.21. The molecule has 118 valence electrons. The van der Waals surface area contributed by atoms with Gasteiger partial charge in [-0.05, 0) is 30.7 Å². The Labute approximate surface area is 143 Å². The summed E-state index contributed by atoms with van der Waals surface area (Å²) >= 11 is 3.54. The lowest BCUT2D eigenvalue weighted by molar-refractivity contribution is 0.192. The van der Waals surface area contributed by atoms with E-state index in [0.29, 0.717) is 0 Å². The van der Waals surface area contributed by atoms with Crippen molar-refractivity contribution in [2.24, 2.45) is 4.99 Å². The zero-order valence-electron chi connectivity index (χ0n) is 12.7. The first-order chi connectivity index (χ1) is 11.1. The largest absolute Gasteiger partial charge is 0.273 e. The Balaban J connectivity index is 1.98. The second-order valence-corrected chi connectivity index (χ2v) is 6.15. The van der Waals surface area contributed by atoms with Gasteiger partial charge in [0.1, 0.15) is 5.82 Å². The number of rotatable bonds is 4. The summed E-state index contributed by atoms with van der Waals surface area (Å²) in [4.78, 5) is 4.64. The predicted octanol–water partition coefficient (Wildman–Crippen LogP) is 4.50. The molecule has 0 bridgehead atoms. The molecule has 2 atom stereocenters. The van der Waals surface area contributed by atoms with Crippen molar-refractivity contribution in [3.05, 3.63) is 83.8 Å². The van der Waals surface area contributed by atoms with Gasteiger partial charge < -0.3 is 0 Å². The molecule has 0 amide bonds. The van der Waals surface area contributed by atoms with E-state index in [2.05, 4.69) is 45.5 Å². The van der Waals surface area contributed by atoms with Crippen LogP contribution in [-0.2, 0) is 5.79 Å². The normalized spacial score (nSPS) is 21.4. The lowest BCUT2D eigenvalue weighted by atomic mass is 10.0. The van der Waals surface area contributed by atoms with Gasteiger partial charge in [0.05, 0.1) is 16.1 Å². The quantitative estimate of drug-likeness (QED) is 0.799. The van der Waals surface area contributed by atoms with Crippen LogP contribution in [0.25, 0.3) is 0 Å². The van der Waals surface area contributed by atoms with E-state index in [1.807, 2.05) is 34.4 Å². The molecule has 1 aliphatic rings. The average molecular weight is 374 g/mol. The summed E-state index contributed by atoms with van der Waals surface area (Å²) in [6.45, 7) is 2.08. The van der Waals surface area contributed by atoms with Crippen molar-refractivity contribution in [1.29, 1.82) is 0 Å². The molecule has 5 heteroatoms. The summed E-state index contributed by atoms with van der Waals surface area (Å²) in [5, 5.41) is 3.54. The molecule has 1 aliphatic heterocycles. The molecule has 3 nitrogen and oxygen atoms in total. The number of hydrogen-bond acceptors (Lipinski definition) is 3. The third-order valence-electron chi connectivity index (χ3n) is 3.84. The molecular weight excluding hydrogens is 357 g/mol. The van der Waals surface area contributed by atoms with Gasteiger partial charge >= 0.3 is 0 Å². The van der Waals surface area contributed by atoms with Crippen LogP contribution in [-0.4, -0.2) is 10.1 Å². The van der Waals surface area contributed by atoms with E-state index < -0.39 is 5.79 Å². The number of nitrogens with one attached hydrogen (secondary N) is 1. The molecule has 0 saturated heterocycles. The molecule has 3 rings (SSSR count). The Kier molecular flexibility index (Phi) is 4.59. The van der Waals surface area contributed by atoms with Crippen molar-refractivity contribution in [3.63, 3.8) is 0 Å². The maximum absolute atomic E-state index is 13.3. The minimum absolute atomic E-state index is 0.0463. The first kappa shape index (κ1) is 15.9. The molecule has 1 heterocycles. The maximum Gasteiger partial charge on any atom is 0.223 e. The van der Waals surface area contributed by atoms with E-state index in [1.165, 1.54) is 12.1 Å². The predicted molar refractivity (Wildman–Crippen MR) is 94.5 cm³/mol. The molecule has 2 aromatic carbocycles. The number of nitrogens with zero attached hydrogens (tertiary/aromatic N) is 2. The molecule has 2 aromatic rings. The Morgan fingerprint density at radius 3 is 2.48 bits per heavy atom. The van der Waals surface area contributed by atoms with E-state index in [4.69, 9.17) is 0 Å². The lowest BCUT2D eigenvalue weighted by Crippen LogP contribution is -2.50. The highest BCUT2D eigenvalue weighted by molar-refractivity contribution is 9.07. The van der Waals surface area contributed by atoms with Crippen molar-refractivity contribution >= 4 is 22.4 Å². The maximum atomic E-state index is 13.3. The summed E-state index contributed by atoms with van der Waals surface area (Å²) in [5.74, 6) is -1.10. The van der Waals surface area contributed by atoms with Crippen molar-refractivity contribution in [3.8, 4) is 0 Å². The van der Waals surface area contributed by atoms with E-state index in [0.717, 1.165) is 11.1 Å². The van der Waals surface area contributed by atoms with Gasteiger partial charge in [0.25, 0.3) is 0 Å². The van der Waals surface area contributed by atoms with Crippen LogP contribution in [0, 0.1) is 5.82 Å². The van der Waals surface area contributed by atoms with E-state index in [-0.39, 0.29) is 11.9 Å². The Bertz CT molecular complexity index is 715. The minimum Gasteiger partial charge on any atom is -0.273 e. The van der Waals surface area contributed by atoms with Crippen molar-refractivity contribution in [1.82, 2.24) is 9.24 Å². The van der Waals surface area contributed by atoms with Gasteiger partial charge in [-0.15, -0.1) is 0 Å². The molecule has 0 saturated carbocycles. The Hall–Kier alpha value is -1.98. The smallest absolute Gasteiger partial charge is 0.223 e. The third-order valence-corrected chi connectivity index (χ3v) is 4.59. The van der Waals surface area contributed by atoms with Crippen LogP contribution in [0.4, 0.5) is 4.39 Å². The Morgan fingerprint density at radius 2 is 1.83 bits per heavy atom. The van der Waals surface area contributed by atoms with Crippen LogP contribution >= 0.6 is 16.1 Å². The zero-order valence-corrected chi connectivity index (χ0v) is 14.2. The SMILES string of the molecule is CC(NC1(c2ccc(F)cc2)N=CC=CN1Br)c1ccccc1. The van der Waals surface area contributed by atoms with Crippen LogP contribution in [0.3, 0.4) is 0 Å². The summed E-state index contributed by atoms with van der Waals surface area (Å²) in [6, 6.07) is 16.6. The summed E-state index contributed by atoms with van der Waals surface area (Å²) in [6.07, 6.45) is 5.46. The fraction of sp³-hybridized carbons (Fsp3) is 0.167. The number of halogens is 2. The second kappa shape index (κ2) is 6.64. The number of aliphatic imine (C=N–C) groups is 1. The summed E-state index contributed by atoms with van der Waals surface area (Å²) < 4.78 is 15.1. The first-order valence-electron chi connectivity index (χ1n) is 7.38. The van der Waals surface area contributed by atoms with Crippen LogP contribution < -0.4 is 5.32 Å². The highest BCUT2D eigenvalue weighted by Crippen LogP contribution is 2.35. The zero-order chi connectivity index (χ0) is 16.3. The van der Waals surface area contributed by atoms with Gasteiger partial charge in [-0.3, -0.25) is 9.24 Å². The van der Waals surface area contributed by atoms with Crippen LogP contribution in [0.2, 0.25) is 0 Å². The Morgan fingerprint density at radius 1 is 1.13 bits per heavy atom. The molecule has 1 N–H and O–H groups in total. The standard InChI is InChI=1S/C18H17BrFN3/c1-14(15-6-3-2-4-7-15)22-18(21-12-5-13-23(18)19)16-8-10-17(20)11-9-16/h2-14,22H,1H3. The van der Waals surface area contributed by atoms with Gasteiger partial charge in [0.15, 0.2) is 0 Å². The van der Waals surface area contributed by atoms with Crippen LogP contribution in [0.1, 0.15) is 24.1 Å². The molecule has 0 spiro atoms. The fourth-order valence-electron chi connectivity index (χ4n) is 2.62. The highest BCUT2D eigenvalue weighted by atomic mass is 79.9. The number of allylic oxidation sites excluding steroid dienone is 1. The molecular formula is C18H17BrFN3. The topological polar surface area (TPSA) is 27.6 Å². The van der Waals surface area contributed by atoms with Gasteiger partial charge in [-0.25, -0.2) is 9.38 Å². The van der Waals surface area contributed by atoms with Gasteiger partial charge in [-0.1, -0.05) is 42.5 Å².